The average Bonchev–Trinajstić information content (AvgIpc) is 2.91. The quantitative estimate of drug-likeness (QED) is 0.768. The van der Waals surface area contributed by atoms with Crippen LogP contribution in [0.2, 0.25) is 0 Å². The number of hydrogen-bond acceptors (Lipinski definition) is 5. The summed E-state index contributed by atoms with van der Waals surface area (Å²) >= 11 is 1.10. The van der Waals surface area contributed by atoms with Crippen LogP contribution in [0.25, 0.3) is 0 Å². The van der Waals surface area contributed by atoms with Gasteiger partial charge in [0.25, 0.3) is 5.91 Å². The highest BCUT2D eigenvalue weighted by molar-refractivity contribution is 7.07. The van der Waals surface area contributed by atoms with Gasteiger partial charge in [-0.2, -0.15) is 0 Å². The van der Waals surface area contributed by atoms with Crippen LogP contribution < -0.4 is 10.2 Å². The van der Waals surface area contributed by atoms with Crippen molar-refractivity contribution in [1.29, 1.82) is 0 Å². The zero-order valence-electron chi connectivity index (χ0n) is 14.6. The van der Waals surface area contributed by atoms with Gasteiger partial charge in [0.1, 0.15) is 0 Å². The molecular weight excluding hydrogens is 340 g/mol. The Labute approximate surface area is 150 Å². The molecule has 0 radical (unpaired) electrons. The second-order valence-corrected chi connectivity index (χ2v) is 6.54. The first-order valence-electron chi connectivity index (χ1n) is 8.15. The molecule has 25 heavy (non-hydrogen) atoms. The predicted molar refractivity (Wildman–Crippen MR) is 97.9 cm³/mol. The molecule has 0 aliphatic carbocycles. The highest BCUT2D eigenvalue weighted by Crippen LogP contribution is 2.11. The Morgan fingerprint density at radius 1 is 1.28 bits per heavy atom. The molecule has 1 aromatic heterocycles. The largest absolute Gasteiger partial charge is 0.452 e. The van der Waals surface area contributed by atoms with Crippen LogP contribution in [0.15, 0.2) is 34.4 Å². The van der Waals surface area contributed by atoms with E-state index in [1.165, 1.54) is 17.1 Å². The number of thiazole rings is 1. The summed E-state index contributed by atoms with van der Waals surface area (Å²) in [5.74, 6) is -0.900. The van der Waals surface area contributed by atoms with Crippen molar-refractivity contribution in [2.45, 2.75) is 46.3 Å². The lowest BCUT2D eigenvalue weighted by Crippen LogP contribution is -2.30. The zero-order chi connectivity index (χ0) is 18.4. The van der Waals surface area contributed by atoms with E-state index in [9.17, 15) is 14.4 Å². The molecule has 1 unspecified atom stereocenters. The van der Waals surface area contributed by atoms with Crippen LogP contribution in [0.1, 0.15) is 31.5 Å². The Bertz CT molecular complexity index is 792. The second-order valence-electron chi connectivity index (χ2n) is 5.72. The number of nitrogens with zero attached hydrogens (tertiary/aromatic N) is 1. The molecule has 0 spiro atoms. The van der Waals surface area contributed by atoms with Gasteiger partial charge < -0.3 is 14.6 Å². The number of rotatable bonds is 7. The predicted octanol–water partition coefficient (Wildman–Crippen LogP) is 2.74. The van der Waals surface area contributed by atoms with E-state index >= 15 is 0 Å². The number of aryl methyl sites for hydroxylation is 2. The topological polar surface area (TPSA) is 77.4 Å². The maximum atomic E-state index is 12.1. The molecule has 1 N–H and O–H groups in total. The standard InChI is InChI=1S/C18H22N2O4S/c1-4-14-5-7-15(8-6-14)19-17(22)13(3)24-16(21)9-10-20-12(2)11-25-18(20)23/h5-8,11,13H,4,9-10H2,1-3H3,(H,19,22). The molecule has 0 saturated carbocycles. The van der Waals surface area contributed by atoms with Crippen molar-refractivity contribution >= 4 is 28.9 Å². The Hall–Kier alpha value is -2.41. The van der Waals surface area contributed by atoms with Gasteiger partial charge in [0, 0.05) is 23.3 Å². The van der Waals surface area contributed by atoms with Crippen molar-refractivity contribution in [3.63, 3.8) is 0 Å². The minimum Gasteiger partial charge on any atom is -0.452 e. The van der Waals surface area contributed by atoms with Crippen molar-refractivity contribution < 1.29 is 14.3 Å². The van der Waals surface area contributed by atoms with Crippen LogP contribution in [0.4, 0.5) is 5.69 Å². The van der Waals surface area contributed by atoms with Crippen LogP contribution in [-0.4, -0.2) is 22.5 Å². The number of amides is 1. The molecule has 2 rings (SSSR count). The summed E-state index contributed by atoms with van der Waals surface area (Å²) in [5, 5.41) is 4.46. The summed E-state index contributed by atoms with van der Waals surface area (Å²) in [6.45, 7) is 5.64. The molecule has 6 nitrogen and oxygen atoms in total. The first-order valence-corrected chi connectivity index (χ1v) is 9.03. The number of carbonyl (C=O) groups excluding carboxylic acids is 2. The molecule has 134 valence electrons. The van der Waals surface area contributed by atoms with Gasteiger partial charge in [-0.05, 0) is 38.0 Å². The first-order chi connectivity index (χ1) is 11.9. The van der Waals surface area contributed by atoms with E-state index in [1.54, 1.807) is 5.38 Å². The number of benzene rings is 1. The number of nitrogens with one attached hydrogen (secondary N) is 1. The fourth-order valence-electron chi connectivity index (χ4n) is 2.25. The lowest BCUT2D eigenvalue weighted by atomic mass is 10.1. The zero-order valence-corrected chi connectivity index (χ0v) is 15.4. The summed E-state index contributed by atoms with van der Waals surface area (Å²) < 4.78 is 6.66. The van der Waals surface area contributed by atoms with E-state index in [0.29, 0.717) is 5.69 Å². The number of anilines is 1. The molecule has 2 aromatic rings. The number of carbonyl (C=O) groups is 2. The Morgan fingerprint density at radius 3 is 2.52 bits per heavy atom. The minimum atomic E-state index is -0.904. The number of ether oxygens (including phenoxy) is 1. The lowest BCUT2D eigenvalue weighted by Gasteiger charge is -2.14. The summed E-state index contributed by atoms with van der Waals surface area (Å²) in [7, 11) is 0. The third-order valence-corrected chi connectivity index (χ3v) is 4.70. The van der Waals surface area contributed by atoms with Gasteiger partial charge in [0.2, 0.25) is 0 Å². The van der Waals surface area contributed by atoms with E-state index in [4.69, 9.17) is 4.74 Å². The van der Waals surface area contributed by atoms with Crippen LogP contribution in [0.3, 0.4) is 0 Å². The normalized spacial score (nSPS) is 11.8. The summed E-state index contributed by atoms with van der Waals surface area (Å²) in [6, 6.07) is 7.51. The van der Waals surface area contributed by atoms with Crippen molar-refractivity contribution in [2.75, 3.05) is 5.32 Å². The molecule has 1 heterocycles. The van der Waals surface area contributed by atoms with Gasteiger partial charge in [0.05, 0.1) is 6.42 Å². The van der Waals surface area contributed by atoms with Crippen LogP contribution >= 0.6 is 11.3 Å². The van der Waals surface area contributed by atoms with Gasteiger partial charge >= 0.3 is 10.8 Å². The Kier molecular flexibility index (Phi) is 6.52. The average molecular weight is 362 g/mol. The molecule has 0 aliphatic rings. The SMILES string of the molecule is CCc1ccc(NC(=O)C(C)OC(=O)CCn2c(C)csc2=O)cc1. The Balaban J connectivity index is 1.83. The van der Waals surface area contributed by atoms with E-state index in [0.717, 1.165) is 23.5 Å². The Morgan fingerprint density at radius 2 is 1.96 bits per heavy atom. The van der Waals surface area contributed by atoms with Gasteiger partial charge in [0.15, 0.2) is 6.10 Å². The van der Waals surface area contributed by atoms with Crippen molar-refractivity contribution in [1.82, 2.24) is 4.57 Å². The third-order valence-electron chi connectivity index (χ3n) is 3.82. The van der Waals surface area contributed by atoms with Crippen molar-refractivity contribution in [2.24, 2.45) is 0 Å². The smallest absolute Gasteiger partial charge is 0.308 e. The molecular formula is C18H22N2O4S. The van der Waals surface area contributed by atoms with Crippen LogP contribution in [0, 0.1) is 6.92 Å². The molecule has 0 bridgehead atoms. The molecule has 1 amide bonds. The fourth-order valence-corrected chi connectivity index (χ4v) is 3.02. The number of hydrogen-bond donors (Lipinski definition) is 1. The number of esters is 1. The summed E-state index contributed by atoms with van der Waals surface area (Å²) in [6.07, 6.45) is 0.0635. The summed E-state index contributed by atoms with van der Waals surface area (Å²) in [5.41, 5.74) is 2.64. The molecule has 0 aliphatic heterocycles. The molecule has 1 atom stereocenters. The first kappa shape index (κ1) is 18.9. The van der Waals surface area contributed by atoms with E-state index in [2.05, 4.69) is 12.2 Å². The van der Waals surface area contributed by atoms with E-state index in [1.807, 2.05) is 31.2 Å². The van der Waals surface area contributed by atoms with Gasteiger partial charge in [-0.1, -0.05) is 30.4 Å². The second kappa shape index (κ2) is 8.62. The molecule has 0 fully saturated rings. The summed E-state index contributed by atoms with van der Waals surface area (Å²) in [4.78, 5) is 35.5. The van der Waals surface area contributed by atoms with Crippen LogP contribution in [-0.2, 0) is 27.3 Å². The van der Waals surface area contributed by atoms with Crippen LogP contribution in [0.5, 0.6) is 0 Å². The highest BCUT2D eigenvalue weighted by atomic mass is 32.1. The monoisotopic (exact) mass is 362 g/mol. The van der Waals surface area contributed by atoms with Gasteiger partial charge in [-0.15, -0.1) is 0 Å². The fraction of sp³-hybridized carbons (Fsp3) is 0.389. The molecule has 0 saturated heterocycles. The lowest BCUT2D eigenvalue weighted by molar-refractivity contribution is -0.153. The highest BCUT2D eigenvalue weighted by Gasteiger charge is 2.18. The van der Waals surface area contributed by atoms with E-state index in [-0.39, 0.29) is 23.7 Å². The third kappa shape index (κ3) is 5.29. The van der Waals surface area contributed by atoms with E-state index < -0.39 is 12.1 Å². The maximum absolute atomic E-state index is 12.1. The molecule has 7 heteroatoms. The van der Waals surface area contributed by atoms with Crippen molar-refractivity contribution in [3.8, 4) is 0 Å². The number of aromatic nitrogens is 1. The minimum absolute atomic E-state index is 0.0420. The maximum Gasteiger partial charge on any atom is 0.308 e. The van der Waals surface area contributed by atoms with Gasteiger partial charge in [-0.3, -0.25) is 14.4 Å². The van der Waals surface area contributed by atoms with Crippen molar-refractivity contribution in [3.05, 3.63) is 50.6 Å². The molecule has 1 aromatic carbocycles. The van der Waals surface area contributed by atoms with Gasteiger partial charge in [-0.25, -0.2) is 0 Å².